The highest BCUT2D eigenvalue weighted by atomic mass is 16.5. The van der Waals surface area contributed by atoms with Gasteiger partial charge in [-0.05, 0) is 42.3 Å². The average molecular weight is 273 g/mol. The lowest BCUT2D eigenvalue weighted by molar-refractivity contribution is 0.0696. The van der Waals surface area contributed by atoms with Gasteiger partial charge in [-0.2, -0.15) is 0 Å². The minimum atomic E-state index is -1.12. The molecule has 5 heteroatoms. The Bertz CT molecular complexity index is 731. The van der Waals surface area contributed by atoms with Crippen LogP contribution in [0.15, 0.2) is 35.1 Å². The number of hydrogen-bond donors (Lipinski definition) is 1. The maximum atomic E-state index is 11.8. The second kappa shape index (κ2) is 5.21. The quantitative estimate of drug-likeness (QED) is 0.929. The molecule has 0 spiro atoms. The largest absolute Gasteiger partial charge is 0.496 e. The van der Waals surface area contributed by atoms with Gasteiger partial charge in [-0.15, -0.1) is 0 Å². The molecular weight excluding hydrogens is 258 g/mol. The van der Waals surface area contributed by atoms with Crippen molar-refractivity contribution in [3.8, 4) is 17.0 Å². The Morgan fingerprint density at radius 1 is 1.25 bits per heavy atom. The van der Waals surface area contributed by atoms with Crippen molar-refractivity contribution in [2.45, 2.75) is 6.92 Å². The van der Waals surface area contributed by atoms with E-state index in [2.05, 4.69) is 0 Å². The average Bonchev–Trinajstić information content (AvgIpc) is 2.41. The summed E-state index contributed by atoms with van der Waals surface area (Å²) in [5, 5.41) is 9.04. The van der Waals surface area contributed by atoms with Crippen LogP contribution in [-0.2, 0) is 7.05 Å². The van der Waals surface area contributed by atoms with Crippen molar-refractivity contribution >= 4 is 5.97 Å². The third kappa shape index (κ3) is 2.42. The van der Waals surface area contributed by atoms with E-state index in [0.717, 1.165) is 22.9 Å². The lowest BCUT2D eigenvalue weighted by Crippen LogP contribution is -2.19. The Morgan fingerprint density at radius 3 is 2.50 bits per heavy atom. The molecule has 0 radical (unpaired) electrons. The number of carbonyl (C=O) groups is 1. The maximum absolute atomic E-state index is 11.8. The number of benzene rings is 1. The van der Waals surface area contributed by atoms with Crippen LogP contribution in [0.4, 0.5) is 0 Å². The minimum Gasteiger partial charge on any atom is -0.496 e. The normalized spacial score (nSPS) is 10.3. The molecule has 0 aliphatic carbocycles. The first-order valence-corrected chi connectivity index (χ1v) is 6.03. The SMILES string of the molecule is COc1ccc(-c2cc(C(=O)O)cc(=O)n2C)cc1C. The predicted octanol–water partition coefficient (Wildman–Crippen LogP) is 2.07. The van der Waals surface area contributed by atoms with Crippen LogP contribution in [-0.4, -0.2) is 22.8 Å². The molecule has 0 fully saturated rings. The number of ether oxygens (including phenoxy) is 1. The fourth-order valence-electron chi connectivity index (χ4n) is 2.07. The highest BCUT2D eigenvalue weighted by molar-refractivity contribution is 5.88. The molecule has 104 valence electrons. The summed E-state index contributed by atoms with van der Waals surface area (Å²) in [5.74, 6) is -0.373. The number of aromatic carboxylic acids is 1. The summed E-state index contributed by atoms with van der Waals surface area (Å²) < 4.78 is 6.61. The molecule has 5 nitrogen and oxygen atoms in total. The third-order valence-electron chi connectivity index (χ3n) is 3.20. The van der Waals surface area contributed by atoms with E-state index in [1.54, 1.807) is 26.3 Å². The van der Waals surface area contributed by atoms with Crippen molar-refractivity contribution in [1.29, 1.82) is 0 Å². The summed E-state index contributed by atoms with van der Waals surface area (Å²) in [6, 6.07) is 8.06. The van der Waals surface area contributed by atoms with Crippen molar-refractivity contribution in [1.82, 2.24) is 4.57 Å². The summed E-state index contributed by atoms with van der Waals surface area (Å²) >= 11 is 0. The fourth-order valence-corrected chi connectivity index (χ4v) is 2.07. The van der Waals surface area contributed by atoms with E-state index in [-0.39, 0.29) is 11.1 Å². The van der Waals surface area contributed by atoms with E-state index < -0.39 is 5.97 Å². The van der Waals surface area contributed by atoms with Crippen LogP contribution in [0, 0.1) is 6.92 Å². The van der Waals surface area contributed by atoms with Gasteiger partial charge in [-0.3, -0.25) is 4.79 Å². The molecule has 0 aliphatic rings. The second-order valence-electron chi connectivity index (χ2n) is 4.52. The number of rotatable bonds is 3. The molecule has 0 unspecified atom stereocenters. The zero-order valence-corrected chi connectivity index (χ0v) is 11.5. The Labute approximate surface area is 116 Å². The van der Waals surface area contributed by atoms with E-state index in [9.17, 15) is 9.59 Å². The Morgan fingerprint density at radius 2 is 1.95 bits per heavy atom. The third-order valence-corrected chi connectivity index (χ3v) is 3.20. The highest BCUT2D eigenvalue weighted by Crippen LogP contribution is 2.25. The molecule has 0 amide bonds. The van der Waals surface area contributed by atoms with E-state index >= 15 is 0 Å². The van der Waals surface area contributed by atoms with Crippen LogP contribution in [0.2, 0.25) is 0 Å². The van der Waals surface area contributed by atoms with Gasteiger partial charge >= 0.3 is 5.97 Å². The van der Waals surface area contributed by atoms with E-state index in [0.29, 0.717) is 5.69 Å². The van der Waals surface area contributed by atoms with Crippen LogP contribution in [0.5, 0.6) is 5.75 Å². The van der Waals surface area contributed by atoms with Crippen molar-refractivity contribution < 1.29 is 14.6 Å². The summed E-state index contributed by atoms with van der Waals surface area (Å²) in [5.41, 5.74) is 1.87. The molecular formula is C15H15NO4. The van der Waals surface area contributed by atoms with Crippen LogP contribution < -0.4 is 10.3 Å². The number of nitrogens with zero attached hydrogens (tertiary/aromatic N) is 1. The van der Waals surface area contributed by atoms with Gasteiger partial charge in [0.25, 0.3) is 5.56 Å². The van der Waals surface area contributed by atoms with Gasteiger partial charge in [0, 0.05) is 13.1 Å². The Kier molecular flexibility index (Phi) is 3.61. The summed E-state index contributed by atoms with van der Waals surface area (Å²) in [6.45, 7) is 1.89. The number of hydrogen-bond acceptors (Lipinski definition) is 3. The monoisotopic (exact) mass is 273 g/mol. The molecule has 0 atom stereocenters. The molecule has 2 aromatic rings. The van der Waals surface area contributed by atoms with Gasteiger partial charge in [0.15, 0.2) is 0 Å². The van der Waals surface area contributed by atoms with Gasteiger partial charge in [0.2, 0.25) is 0 Å². The summed E-state index contributed by atoms with van der Waals surface area (Å²) in [6.07, 6.45) is 0. The zero-order valence-electron chi connectivity index (χ0n) is 11.5. The Balaban J connectivity index is 2.65. The van der Waals surface area contributed by atoms with Gasteiger partial charge in [0.1, 0.15) is 5.75 Å². The van der Waals surface area contributed by atoms with Crippen LogP contribution >= 0.6 is 0 Å². The molecule has 1 heterocycles. The number of aromatic nitrogens is 1. The lowest BCUT2D eigenvalue weighted by Gasteiger charge is -2.11. The molecule has 20 heavy (non-hydrogen) atoms. The molecule has 1 aromatic heterocycles. The number of carboxylic acid groups (broad SMARTS) is 1. The van der Waals surface area contributed by atoms with Gasteiger partial charge < -0.3 is 14.4 Å². The molecule has 0 saturated heterocycles. The first kappa shape index (κ1) is 13.9. The first-order valence-electron chi connectivity index (χ1n) is 6.03. The second-order valence-corrected chi connectivity index (χ2v) is 4.52. The topological polar surface area (TPSA) is 68.5 Å². The molecule has 0 aliphatic heterocycles. The first-order chi connectivity index (χ1) is 9.43. The van der Waals surface area contributed by atoms with Crippen molar-refractivity contribution in [3.63, 3.8) is 0 Å². The number of pyridine rings is 1. The molecule has 1 aromatic carbocycles. The van der Waals surface area contributed by atoms with E-state index in [1.165, 1.54) is 10.6 Å². The van der Waals surface area contributed by atoms with Gasteiger partial charge in [-0.1, -0.05) is 0 Å². The van der Waals surface area contributed by atoms with Crippen molar-refractivity contribution in [2.75, 3.05) is 7.11 Å². The van der Waals surface area contributed by atoms with E-state index in [1.807, 2.05) is 13.0 Å². The van der Waals surface area contributed by atoms with Gasteiger partial charge in [-0.25, -0.2) is 4.79 Å². The number of methoxy groups -OCH3 is 1. The van der Waals surface area contributed by atoms with Crippen LogP contribution in [0.1, 0.15) is 15.9 Å². The highest BCUT2D eigenvalue weighted by Gasteiger charge is 2.11. The summed E-state index contributed by atoms with van der Waals surface area (Å²) in [4.78, 5) is 22.9. The smallest absolute Gasteiger partial charge is 0.335 e. The van der Waals surface area contributed by atoms with E-state index in [4.69, 9.17) is 9.84 Å². The standard InChI is InChI=1S/C15H15NO4/c1-9-6-10(4-5-13(9)20-3)12-7-11(15(18)19)8-14(17)16(12)2/h4-8H,1-3H3,(H,18,19). The predicted molar refractivity (Wildman–Crippen MR) is 75.4 cm³/mol. The number of aryl methyl sites for hydroxylation is 1. The van der Waals surface area contributed by atoms with Crippen LogP contribution in [0.25, 0.3) is 11.3 Å². The molecule has 1 N–H and O–H groups in total. The fraction of sp³-hybridized carbons (Fsp3) is 0.200. The van der Waals surface area contributed by atoms with Gasteiger partial charge in [0.05, 0.1) is 18.4 Å². The van der Waals surface area contributed by atoms with Crippen molar-refractivity contribution in [2.24, 2.45) is 7.05 Å². The summed E-state index contributed by atoms with van der Waals surface area (Å²) in [7, 11) is 3.20. The minimum absolute atomic E-state index is 0.0171. The Hall–Kier alpha value is -2.56. The maximum Gasteiger partial charge on any atom is 0.335 e. The zero-order chi connectivity index (χ0) is 14.9. The molecule has 0 saturated carbocycles. The molecule has 0 bridgehead atoms. The number of carboxylic acids is 1. The van der Waals surface area contributed by atoms with Crippen molar-refractivity contribution in [3.05, 3.63) is 51.8 Å². The molecule has 2 rings (SSSR count). The lowest BCUT2D eigenvalue weighted by atomic mass is 10.1. The van der Waals surface area contributed by atoms with Crippen LogP contribution in [0.3, 0.4) is 0 Å².